The molecule has 0 aromatic heterocycles. The molecule has 0 heterocycles. The molecular formula is C18H19N3O4. The van der Waals surface area contributed by atoms with Crippen molar-refractivity contribution in [2.45, 2.75) is 13.0 Å². The van der Waals surface area contributed by atoms with Crippen LogP contribution in [0.15, 0.2) is 48.5 Å². The van der Waals surface area contributed by atoms with Crippen LogP contribution in [-0.4, -0.2) is 41.7 Å². The normalized spacial score (nSPS) is 11.5. The molecule has 0 spiro atoms. The number of ketones is 1. The second-order valence-electron chi connectivity index (χ2n) is 5.78. The van der Waals surface area contributed by atoms with Crippen molar-refractivity contribution >= 4 is 23.1 Å². The largest absolute Gasteiger partial charge is 0.368 e. The zero-order valence-electron chi connectivity index (χ0n) is 14.2. The number of hydrogen-bond acceptors (Lipinski definition) is 5. The van der Waals surface area contributed by atoms with Gasteiger partial charge in [-0.15, -0.1) is 0 Å². The summed E-state index contributed by atoms with van der Waals surface area (Å²) in [5, 5.41) is 14.2. The SMILES string of the molecule is C[C@H](Nc1ccc(C(=O)c2ccccc2)cc1[N+](=O)[O-])C(=O)N(C)C. The Balaban J connectivity index is 2.33. The molecule has 2 aromatic carbocycles. The molecule has 0 saturated heterocycles. The van der Waals surface area contributed by atoms with Crippen LogP contribution >= 0.6 is 0 Å². The lowest BCUT2D eigenvalue weighted by atomic mass is 10.0. The highest BCUT2D eigenvalue weighted by Crippen LogP contribution is 2.27. The minimum Gasteiger partial charge on any atom is -0.368 e. The summed E-state index contributed by atoms with van der Waals surface area (Å²) < 4.78 is 0. The molecule has 0 saturated carbocycles. The van der Waals surface area contributed by atoms with Crippen LogP contribution in [-0.2, 0) is 4.79 Å². The van der Waals surface area contributed by atoms with E-state index < -0.39 is 11.0 Å². The van der Waals surface area contributed by atoms with Crippen LogP contribution in [0, 0.1) is 10.1 Å². The predicted molar refractivity (Wildman–Crippen MR) is 94.7 cm³/mol. The van der Waals surface area contributed by atoms with E-state index in [1.807, 2.05) is 0 Å². The summed E-state index contributed by atoms with van der Waals surface area (Å²) in [6.45, 7) is 1.62. The molecule has 25 heavy (non-hydrogen) atoms. The van der Waals surface area contributed by atoms with Gasteiger partial charge in [-0.1, -0.05) is 30.3 Å². The van der Waals surface area contributed by atoms with Crippen molar-refractivity contribution in [2.24, 2.45) is 0 Å². The topological polar surface area (TPSA) is 92.5 Å². The van der Waals surface area contributed by atoms with Crippen LogP contribution in [0.25, 0.3) is 0 Å². The lowest BCUT2D eigenvalue weighted by molar-refractivity contribution is -0.384. The van der Waals surface area contributed by atoms with E-state index in [0.29, 0.717) is 5.56 Å². The number of rotatable bonds is 6. The fourth-order valence-electron chi connectivity index (χ4n) is 2.38. The summed E-state index contributed by atoms with van der Waals surface area (Å²) in [4.78, 5) is 36.6. The smallest absolute Gasteiger partial charge is 0.293 e. The Kier molecular flexibility index (Phi) is 5.49. The number of amides is 1. The van der Waals surface area contributed by atoms with Gasteiger partial charge in [-0.3, -0.25) is 19.7 Å². The highest BCUT2D eigenvalue weighted by atomic mass is 16.6. The Hall–Kier alpha value is -3.22. The molecule has 7 heteroatoms. The maximum atomic E-state index is 12.4. The molecule has 2 aromatic rings. The molecule has 0 radical (unpaired) electrons. The predicted octanol–water partition coefficient (Wildman–Crippen LogP) is 2.71. The monoisotopic (exact) mass is 341 g/mol. The van der Waals surface area contributed by atoms with E-state index in [0.717, 1.165) is 0 Å². The van der Waals surface area contributed by atoms with Gasteiger partial charge in [-0.25, -0.2) is 0 Å². The third-order valence-corrected chi connectivity index (χ3v) is 3.68. The Labute approximate surface area is 145 Å². The fraction of sp³-hybridized carbons (Fsp3) is 0.222. The van der Waals surface area contributed by atoms with Gasteiger partial charge in [0.05, 0.1) is 4.92 Å². The summed E-state index contributed by atoms with van der Waals surface area (Å²) >= 11 is 0. The van der Waals surface area contributed by atoms with Crippen LogP contribution in [0.5, 0.6) is 0 Å². The average Bonchev–Trinajstić information content (AvgIpc) is 2.61. The van der Waals surface area contributed by atoms with Crippen molar-refractivity contribution < 1.29 is 14.5 Å². The molecule has 1 atom stereocenters. The van der Waals surface area contributed by atoms with E-state index in [1.54, 1.807) is 51.4 Å². The molecular weight excluding hydrogens is 322 g/mol. The first-order valence-corrected chi connectivity index (χ1v) is 7.67. The molecule has 1 N–H and O–H groups in total. The first-order valence-electron chi connectivity index (χ1n) is 7.67. The molecule has 1 amide bonds. The summed E-state index contributed by atoms with van der Waals surface area (Å²) in [5.41, 5.74) is 0.612. The van der Waals surface area contributed by atoms with Crippen molar-refractivity contribution in [1.29, 1.82) is 0 Å². The zero-order valence-corrected chi connectivity index (χ0v) is 14.2. The molecule has 0 unspecified atom stereocenters. The van der Waals surface area contributed by atoms with Gasteiger partial charge < -0.3 is 10.2 Å². The van der Waals surface area contributed by atoms with Crippen LogP contribution in [0.1, 0.15) is 22.8 Å². The van der Waals surface area contributed by atoms with Crippen molar-refractivity contribution in [3.8, 4) is 0 Å². The van der Waals surface area contributed by atoms with Crippen molar-refractivity contribution in [2.75, 3.05) is 19.4 Å². The summed E-state index contributed by atoms with van der Waals surface area (Å²) in [7, 11) is 3.22. The number of likely N-dealkylation sites (N-methyl/N-ethyl adjacent to an activating group) is 1. The second-order valence-corrected chi connectivity index (χ2v) is 5.78. The molecule has 0 fully saturated rings. The standard InChI is InChI=1S/C18H19N3O4/c1-12(18(23)20(2)3)19-15-10-9-14(11-16(15)21(24)25)17(22)13-7-5-4-6-8-13/h4-12,19H,1-3H3/t12-/m0/s1. The first-order chi connectivity index (χ1) is 11.8. The van der Waals surface area contributed by atoms with Crippen LogP contribution in [0.2, 0.25) is 0 Å². The first kappa shape index (κ1) is 18.1. The highest BCUT2D eigenvalue weighted by Gasteiger charge is 2.22. The number of carbonyl (C=O) groups is 2. The third kappa shape index (κ3) is 4.20. The summed E-state index contributed by atoms with van der Waals surface area (Å²) in [5.74, 6) is -0.508. The third-order valence-electron chi connectivity index (χ3n) is 3.68. The fourth-order valence-corrected chi connectivity index (χ4v) is 2.38. The van der Waals surface area contributed by atoms with Crippen LogP contribution < -0.4 is 5.32 Å². The van der Waals surface area contributed by atoms with E-state index in [4.69, 9.17) is 0 Å². The van der Waals surface area contributed by atoms with Gasteiger partial charge in [0.2, 0.25) is 5.91 Å². The van der Waals surface area contributed by atoms with Gasteiger partial charge in [0.25, 0.3) is 5.69 Å². The number of nitro groups is 1. The lowest BCUT2D eigenvalue weighted by Gasteiger charge is -2.19. The average molecular weight is 341 g/mol. The van der Waals surface area contributed by atoms with E-state index in [-0.39, 0.29) is 28.6 Å². The van der Waals surface area contributed by atoms with Gasteiger partial charge >= 0.3 is 0 Å². The Morgan fingerprint density at radius 1 is 1.08 bits per heavy atom. The molecule has 0 aliphatic carbocycles. The zero-order chi connectivity index (χ0) is 18.6. The number of benzene rings is 2. The van der Waals surface area contributed by atoms with E-state index in [1.165, 1.54) is 23.1 Å². The molecule has 130 valence electrons. The van der Waals surface area contributed by atoms with E-state index in [9.17, 15) is 19.7 Å². The highest BCUT2D eigenvalue weighted by molar-refractivity contribution is 6.09. The number of carbonyl (C=O) groups excluding carboxylic acids is 2. The Morgan fingerprint density at radius 2 is 1.72 bits per heavy atom. The Bertz CT molecular complexity index is 803. The van der Waals surface area contributed by atoms with Crippen LogP contribution in [0.3, 0.4) is 0 Å². The Morgan fingerprint density at radius 3 is 2.28 bits per heavy atom. The summed E-state index contributed by atoms with van der Waals surface area (Å²) in [6.07, 6.45) is 0. The molecule has 0 aliphatic rings. The minimum atomic E-state index is -0.635. The van der Waals surface area contributed by atoms with Crippen molar-refractivity contribution in [3.63, 3.8) is 0 Å². The van der Waals surface area contributed by atoms with Crippen molar-refractivity contribution in [3.05, 3.63) is 69.8 Å². The number of hydrogen-bond donors (Lipinski definition) is 1. The molecule has 0 aliphatic heterocycles. The molecule has 2 rings (SSSR count). The van der Waals surface area contributed by atoms with Gasteiger partial charge in [-0.2, -0.15) is 0 Å². The van der Waals surface area contributed by atoms with E-state index in [2.05, 4.69) is 5.32 Å². The molecule has 7 nitrogen and oxygen atoms in total. The number of anilines is 1. The number of nitrogens with one attached hydrogen (secondary N) is 1. The number of nitrogens with zero attached hydrogens (tertiary/aromatic N) is 2. The maximum absolute atomic E-state index is 12.4. The minimum absolute atomic E-state index is 0.192. The maximum Gasteiger partial charge on any atom is 0.293 e. The van der Waals surface area contributed by atoms with Crippen molar-refractivity contribution in [1.82, 2.24) is 4.90 Å². The second kappa shape index (κ2) is 7.57. The van der Waals surface area contributed by atoms with Gasteiger partial charge in [0.15, 0.2) is 5.78 Å². The summed E-state index contributed by atoms with van der Waals surface area (Å²) in [6, 6.07) is 12.1. The molecule has 0 bridgehead atoms. The van der Waals surface area contributed by atoms with Crippen LogP contribution in [0.4, 0.5) is 11.4 Å². The number of nitro benzene ring substituents is 1. The van der Waals surface area contributed by atoms with Gasteiger partial charge in [-0.05, 0) is 19.1 Å². The lowest BCUT2D eigenvalue weighted by Crippen LogP contribution is -2.36. The quantitative estimate of drug-likeness (QED) is 0.495. The van der Waals surface area contributed by atoms with E-state index >= 15 is 0 Å². The van der Waals surface area contributed by atoms with Gasteiger partial charge in [0.1, 0.15) is 11.7 Å². The van der Waals surface area contributed by atoms with Gasteiger partial charge in [0, 0.05) is 31.3 Å².